The van der Waals surface area contributed by atoms with Crippen LogP contribution in [0.15, 0.2) is 36.4 Å². The van der Waals surface area contributed by atoms with Gasteiger partial charge in [0.25, 0.3) is 5.91 Å². The number of anilines is 1. The summed E-state index contributed by atoms with van der Waals surface area (Å²) in [7, 11) is 0. The Hall–Kier alpha value is -1.95. The van der Waals surface area contributed by atoms with E-state index in [1.54, 1.807) is 12.1 Å². The number of halogens is 3. The van der Waals surface area contributed by atoms with Crippen LogP contribution >= 0.6 is 34.8 Å². The first-order valence-electron chi connectivity index (χ1n) is 6.74. The maximum Gasteiger partial charge on any atom is 0.342 e. The van der Waals surface area contributed by atoms with E-state index >= 15 is 0 Å². The molecule has 2 rings (SSSR count). The summed E-state index contributed by atoms with van der Waals surface area (Å²) in [6, 6.07) is 8.64. The van der Waals surface area contributed by atoms with Crippen molar-refractivity contribution < 1.29 is 19.4 Å². The van der Waals surface area contributed by atoms with Gasteiger partial charge in [0.2, 0.25) is 0 Å². The monoisotopic (exact) mass is 387 g/mol. The highest BCUT2D eigenvalue weighted by molar-refractivity contribution is 6.44. The highest BCUT2D eigenvalue weighted by atomic mass is 35.5. The molecule has 0 heterocycles. The molecule has 0 aliphatic rings. The number of carbonyl (C=O) groups excluding carboxylic acids is 2. The Balaban J connectivity index is 2.06. The minimum atomic E-state index is -1.12. The molecule has 0 bridgehead atoms. The van der Waals surface area contributed by atoms with Gasteiger partial charge in [-0.15, -0.1) is 0 Å². The zero-order valence-corrected chi connectivity index (χ0v) is 14.6. The summed E-state index contributed by atoms with van der Waals surface area (Å²) in [5, 5.41) is 12.8. The van der Waals surface area contributed by atoms with E-state index in [-0.39, 0.29) is 32.1 Å². The van der Waals surface area contributed by atoms with Gasteiger partial charge in [-0.2, -0.15) is 0 Å². The fourth-order valence-corrected chi connectivity index (χ4v) is 2.37. The van der Waals surface area contributed by atoms with Crippen molar-refractivity contribution in [3.8, 4) is 5.75 Å². The quantitative estimate of drug-likeness (QED) is 0.596. The van der Waals surface area contributed by atoms with Gasteiger partial charge < -0.3 is 15.2 Å². The SMILES string of the molecule is C[C@H](OC(=O)c1ccccc1O)C(=O)Nc1cc(Cl)c(Cl)cc1Cl. The van der Waals surface area contributed by atoms with Gasteiger partial charge in [-0.05, 0) is 31.2 Å². The summed E-state index contributed by atoms with van der Waals surface area (Å²) >= 11 is 17.7. The zero-order valence-electron chi connectivity index (χ0n) is 12.3. The number of esters is 1. The van der Waals surface area contributed by atoms with Gasteiger partial charge in [0.1, 0.15) is 11.3 Å². The molecule has 0 radical (unpaired) electrons. The number of carbonyl (C=O) groups is 2. The van der Waals surface area contributed by atoms with Crippen molar-refractivity contribution in [2.24, 2.45) is 0 Å². The molecule has 2 aromatic rings. The normalized spacial score (nSPS) is 11.7. The van der Waals surface area contributed by atoms with Gasteiger partial charge in [0, 0.05) is 0 Å². The Morgan fingerprint density at radius 2 is 1.71 bits per heavy atom. The Bertz CT molecular complexity index is 795. The number of hydrogen-bond acceptors (Lipinski definition) is 4. The average Bonchev–Trinajstić information content (AvgIpc) is 2.52. The Morgan fingerprint density at radius 1 is 1.08 bits per heavy atom. The number of nitrogens with one attached hydrogen (secondary N) is 1. The van der Waals surface area contributed by atoms with E-state index in [0.29, 0.717) is 0 Å². The molecule has 0 saturated heterocycles. The summed E-state index contributed by atoms with van der Waals surface area (Å²) in [5.41, 5.74) is 0.200. The second kappa shape index (κ2) is 7.75. The number of benzene rings is 2. The van der Waals surface area contributed by atoms with Crippen LogP contribution in [-0.4, -0.2) is 23.1 Å². The van der Waals surface area contributed by atoms with Crippen molar-refractivity contribution in [2.45, 2.75) is 13.0 Å². The maximum absolute atomic E-state index is 12.1. The highest BCUT2D eigenvalue weighted by Gasteiger charge is 2.21. The van der Waals surface area contributed by atoms with E-state index in [9.17, 15) is 14.7 Å². The van der Waals surface area contributed by atoms with Gasteiger partial charge >= 0.3 is 5.97 Å². The van der Waals surface area contributed by atoms with Gasteiger partial charge in [-0.25, -0.2) is 4.79 Å². The maximum atomic E-state index is 12.1. The topological polar surface area (TPSA) is 75.6 Å². The van der Waals surface area contributed by atoms with E-state index in [0.717, 1.165) is 0 Å². The van der Waals surface area contributed by atoms with Crippen molar-refractivity contribution in [1.82, 2.24) is 0 Å². The van der Waals surface area contributed by atoms with Gasteiger partial charge in [-0.1, -0.05) is 46.9 Å². The van der Waals surface area contributed by atoms with Crippen molar-refractivity contribution >= 4 is 52.4 Å². The molecule has 1 amide bonds. The van der Waals surface area contributed by atoms with E-state index in [1.165, 1.54) is 31.2 Å². The van der Waals surface area contributed by atoms with E-state index < -0.39 is 18.0 Å². The highest BCUT2D eigenvalue weighted by Crippen LogP contribution is 2.32. The van der Waals surface area contributed by atoms with Crippen LogP contribution in [0.2, 0.25) is 15.1 Å². The number of phenols is 1. The summed E-state index contributed by atoms with van der Waals surface area (Å²) in [6.45, 7) is 1.39. The third-order valence-corrected chi connectivity index (χ3v) is 4.08. The fourth-order valence-electron chi connectivity index (χ4n) is 1.78. The lowest BCUT2D eigenvalue weighted by atomic mass is 10.2. The van der Waals surface area contributed by atoms with Crippen molar-refractivity contribution in [3.63, 3.8) is 0 Å². The van der Waals surface area contributed by atoms with Gasteiger partial charge in [0.15, 0.2) is 6.10 Å². The standard InChI is InChI=1S/C16H12Cl3NO4/c1-8(24-16(23)9-4-2-3-5-14(9)21)15(22)20-13-7-11(18)10(17)6-12(13)19/h2-8,21H,1H3,(H,20,22)/t8-/m0/s1. The van der Waals surface area contributed by atoms with E-state index in [4.69, 9.17) is 39.5 Å². The average molecular weight is 389 g/mol. The lowest BCUT2D eigenvalue weighted by Crippen LogP contribution is -2.30. The Kier molecular flexibility index (Phi) is 5.94. The van der Waals surface area contributed by atoms with E-state index in [1.807, 2.05) is 0 Å². The molecule has 0 saturated carbocycles. The minimum absolute atomic E-state index is 0.0373. The van der Waals surface area contributed by atoms with Crippen LogP contribution in [-0.2, 0) is 9.53 Å². The minimum Gasteiger partial charge on any atom is -0.507 e. The lowest BCUT2D eigenvalue weighted by molar-refractivity contribution is -0.123. The van der Waals surface area contributed by atoms with Crippen LogP contribution in [0.3, 0.4) is 0 Å². The number of aromatic hydroxyl groups is 1. The Morgan fingerprint density at radius 3 is 2.38 bits per heavy atom. The van der Waals surface area contributed by atoms with Gasteiger partial charge in [0.05, 0.1) is 20.8 Å². The zero-order chi connectivity index (χ0) is 17.9. The molecular formula is C16H12Cl3NO4. The van der Waals surface area contributed by atoms with E-state index in [2.05, 4.69) is 5.32 Å². The molecule has 0 spiro atoms. The number of para-hydroxylation sites is 1. The second-order valence-corrected chi connectivity index (χ2v) is 6.02. The van der Waals surface area contributed by atoms with Crippen molar-refractivity contribution in [2.75, 3.05) is 5.32 Å². The number of phenolic OH excluding ortho intramolecular Hbond substituents is 1. The predicted molar refractivity (Wildman–Crippen MR) is 93.1 cm³/mol. The second-order valence-electron chi connectivity index (χ2n) is 4.80. The number of hydrogen-bond donors (Lipinski definition) is 2. The van der Waals surface area contributed by atoms with Crippen LogP contribution < -0.4 is 5.32 Å². The molecule has 5 nitrogen and oxygen atoms in total. The Labute approximate surface area is 153 Å². The molecule has 2 N–H and O–H groups in total. The first-order chi connectivity index (χ1) is 11.3. The first-order valence-corrected chi connectivity index (χ1v) is 7.87. The first kappa shape index (κ1) is 18.4. The molecule has 0 fully saturated rings. The van der Waals surface area contributed by atoms with Crippen LogP contribution in [0.4, 0.5) is 5.69 Å². The number of amides is 1. The van der Waals surface area contributed by atoms with Crippen molar-refractivity contribution in [1.29, 1.82) is 0 Å². The van der Waals surface area contributed by atoms with Crippen LogP contribution in [0.1, 0.15) is 17.3 Å². The molecule has 126 valence electrons. The largest absolute Gasteiger partial charge is 0.507 e. The van der Waals surface area contributed by atoms with Crippen LogP contribution in [0.25, 0.3) is 0 Å². The van der Waals surface area contributed by atoms with Crippen molar-refractivity contribution in [3.05, 3.63) is 57.0 Å². The lowest BCUT2D eigenvalue weighted by Gasteiger charge is -2.15. The summed E-state index contributed by atoms with van der Waals surface area (Å²) in [6.07, 6.45) is -1.12. The summed E-state index contributed by atoms with van der Waals surface area (Å²) in [5.74, 6) is -1.67. The molecule has 8 heteroatoms. The molecular weight excluding hydrogens is 377 g/mol. The predicted octanol–water partition coefficient (Wildman–Crippen LogP) is 4.54. The smallest absolute Gasteiger partial charge is 0.342 e. The number of rotatable bonds is 4. The molecule has 24 heavy (non-hydrogen) atoms. The summed E-state index contributed by atoms with van der Waals surface area (Å²) < 4.78 is 5.03. The van der Waals surface area contributed by atoms with Crippen LogP contribution in [0.5, 0.6) is 5.75 Å². The molecule has 0 aliphatic carbocycles. The number of ether oxygens (including phenoxy) is 1. The molecule has 0 aromatic heterocycles. The third kappa shape index (κ3) is 4.32. The summed E-state index contributed by atoms with van der Waals surface area (Å²) in [4.78, 5) is 24.1. The molecule has 1 atom stereocenters. The molecule has 0 aliphatic heterocycles. The molecule has 2 aromatic carbocycles. The van der Waals surface area contributed by atoms with Gasteiger partial charge in [-0.3, -0.25) is 4.79 Å². The van der Waals surface area contributed by atoms with Crippen LogP contribution in [0, 0.1) is 0 Å². The molecule has 0 unspecified atom stereocenters. The third-order valence-electron chi connectivity index (χ3n) is 3.04. The fraction of sp³-hybridized carbons (Fsp3) is 0.125.